The molecule has 0 N–H and O–H groups in total. The van der Waals surface area contributed by atoms with Crippen LogP contribution in [0.5, 0.6) is 0 Å². The van der Waals surface area contributed by atoms with Crippen molar-refractivity contribution in [3.8, 4) is 6.07 Å². The van der Waals surface area contributed by atoms with Crippen molar-refractivity contribution in [1.82, 2.24) is 0 Å². The van der Waals surface area contributed by atoms with Crippen LogP contribution in [0.2, 0.25) is 0 Å². The lowest BCUT2D eigenvalue weighted by atomic mass is 10.1. The van der Waals surface area contributed by atoms with Crippen LogP contribution in [0, 0.1) is 11.3 Å². The average molecular weight is 399 g/mol. The minimum atomic E-state index is 0.675. The summed E-state index contributed by atoms with van der Waals surface area (Å²) in [5.74, 6) is 0. The average Bonchev–Trinajstić information content (AvgIpc) is 3.25. The zero-order valence-electron chi connectivity index (χ0n) is 16.5. The fourth-order valence-corrected chi connectivity index (χ4v) is 4.03. The Kier molecular flexibility index (Phi) is 5.55. The Bertz CT molecular complexity index is 1050. The maximum Gasteiger partial charge on any atom is 0.0991 e. The highest BCUT2D eigenvalue weighted by molar-refractivity contribution is 7.99. The molecule has 1 aliphatic rings. The summed E-state index contributed by atoms with van der Waals surface area (Å²) < 4.78 is 0. The van der Waals surface area contributed by atoms with Crippen LogP contribution in [0.15, 0.2) is 87.7 Å². The summed E-state index contributed by atoms with van der Waals surface area (Å²) in [5.41, 5.74) is 5.12. The molecule has 4 rings (SSSR count). The molecule has 0 saturated heterocycles. The molecule has 0 radical (unpaired) electrons. The first-order chi connectivity index (χ1) is 14.1. The van der Waals surface area contributed by atoms with Crippen LogP contribution in [-0.4, -0.2) is 26.4 Å². The lowest BCUT2D eigenvalue weighted by Crippen LogP contribution is -2.11. The van der Waals surface area contributed by atoms with Crippen LogP contribution in [0.25, 0.3) is 0 Å². The molecule has 1 heterocycles. The summed E-state index contributed by atoms with van der Waals surface area (Å²) in [7, 11) is 4.10. The first-order valence-electron chi connectivity index (χ1n) is 9.53. The molecule has 0 spiro atoms. The second-order valence-corrected chi connectivity index (χ2v) is 8.24. The molecule has 29 heavy (non-hydrogen) atoms. The van der Waals surface area contributed by atoms with Gasteiger partial charge < -0.3 is 4.90 Å². The second-order valence-electron chi connectivity index (χ2n) is 7.09. The normalized spacial score (nSPS) is 13.1. The summed E-state index contributed by atoms with van der Waals surface area (Å²) in [5, 5.41) is 15.8. The third-order valence-electron chi connectivity index (χ3n) is 4.87. The van der Waals surface area contributed by atoms with Crippen LogP contribution < -0.4 is 9.91 Å². The topological polar surface area (TPSA) is 42.6 Å². The van der Waals surface area contributed by atoms with Crippen LogP contribution in [0.4, 0.5) is 11.4 Å². The highest BCUT2D eigenvalue weighted by Gasteiger charge is 2.17. The zero-order valence-corrected chi connectivity index (χ0v) is 17.4. The molecular formula is C24H22N4S. The molecule has 0 atom stereocenters. The van der Waals surface area contributed by atoms with E-state index in [9.17, 15) is 0 Å². The van der Waals surface area contributed by atoms with Crippen molar-refractivity contribution in [2.24, 2.45) is 5.10 Å². The van der Waals surface area contributed by atoms with Gasteiger partial charge in [-0.2, -0.15) is 10.4 Å². The van der Waals surface area contributed by atoms with Crippen LogP contribution >= 0.6 is 11.8 Å². The molecule has 0 unspecified atom stereocenters. The largest absolute Gasteiger partial charge is 0.378 e. The first kappa shape index (κ1) is 19.1. The van der Waals surface area contributed by atoms with E-state index in [1.807, 2.05) is 29.3 Å². The van der Waals surface area contributed by atoms with Gasteiger partial charge in [-0.25, -0.2) is 0 Å². The molecule has 1 aliphatic heterocycles. The van der Waals surface area contributed by atoms with Gasteiger partial charge in [0, 0.05) is 42.5 Å². The lowest BCUT2D eigenvalue weighted by Gasteiger charge is -2.14. The molecule has 0 amide bonds. The maximum atomic E-state index is 8.94. The lowest BCUT2D eigenvalue weighted by molar-refractivity contribution is 0.921. The van der Waals surface area contributed by atoms with Gasteiger partial charge in [0.2, 0.25) is 0 Å². The van der Waals surface area contributed by atoms with E-state index in [0.29, 0.717) is 5.56 Å². The van der Waals surface area contributed by atoms with E-state index >= 15 is 0 Å². The van der Waals surface area contributed by atoms with E-state index in [0.717, 1.165) is 29.9 Å². The molecule has 0 saturated carbocycles. The highest BCUT2D eigenvalue weighted by Crippen LogP contribution is 2.31. The fraction of sp³-hybridized carbons (Fsp3) is 0.167. The Morgan fingerprint density at radius 1 is 0.897 bits per heavy atom. The van der Waals surface area contributed by atoms with Crippen molar-refractivity contribution in [3.05, 3.63) is 83.9 Å². The minimum absolute atomic E-state index is 0.675. The van der Waals surface area contributed by atoms with Gasteiger partial charge in [0.25, 0.3) is 0 Å². The van der Waals surface area contributed by atoms with Crippen molar-refractivity contribution < 1.29 is 0 Å². The van der Waals surface area contributed by atoms with Crippen LogP contribution in [-0.2, 0) is 0 Å². The summed E-state index contributed by atoms with van der Waals surface area (Å²) in [6, 6.07) is 26.9. The SMILES string of the molecule is CN(C)c1ccc(Sc2ccc(N3CCC(c4ccc(C#N)cc4)=N3)cc2)cc1. The molecule has 0 aliphatic carbocycles. The third kappa shape index (κ3) is 4.44. The molecule has 0 fully saturated rings. The summed E-state index contributed by atoms with van der Waals surface area (Å²) >= 11 is 1.76. The summed E-state index contributed by atoms with van der Waals surface area (Å²) in [6.07, 6.45) is 0.903. The zero-order chi connectivity index (χ0) is 20.2. The van der Waals surface area contributed by atoms with Gasteiger partial charge in [-0.3, -0.25) is 5.01 Å². The molecule has 5 heteroatoms. The number of nitrogens with zero attached hydrogens (tertiary/aromatic N) is 4. The number of nitriles is 1. The van der Waals surface area contributed by atoms with Crippen LogP contribution in [0.1, 0.15) is 17.5 Å². The second kappa shape index (κ2) is 8.42. The minimum Gasteiger partial charge on any atom is -0.378 e. The maximum absolute atomic E-state index is 8.94. The molecule has 144 valence electrons. The van der Waals surface area contributed by atoms with Gasteiger partial charge >= 0.3 is 0 Å². The monoisotopic (exact) mass is 398 g/mol. The van der Waals surface area contributed by atoms with Crippen LogP contribution in [0.3, 0.4) is 0 Å². The van der Waals surface area contributed by atoms with Crippen molar-refractivity contribution >= 4 is 28.8 Å². The van der Waals surface area contributed by atoms with E-state index in [2.05, 4.69) is 73.6 Å². The Morgan fingerprint density at radius 3 is 2.10 bits per heavy atom. The van der Waals surface area contributed by atoms with Gasteiger partial charge in [-0.05, 0) is 66.2 Å². The van der Waals surface area contributed by atoms with E-state index < -0.39 is 0 Å². The van der Waals surface area contributed by atoms with Crippen molar-refractivity contribution in [2.45, 2.75) is 16.2 Å². The number of benzene rings is 3. The molecule has 0 bridgehead atoms. The quantitative estimate of drug-likeness (QED) is 0.578. The number of hydrogen-bond acceptors (Lipinski definition) is 5. The Hall–Kier alpha value is -3.23. The first-order valence-corrected chi connectivity index (χ1v) is 10.3. The smallest absolute Gasteiger partial charge is 0.0991 e. The summed E-state index contributed by atoms with van der Waals surface area (Å²) in [6.45, 7) is 0.869. The summed E-state index contributed by atoms with van der Waals surface area (Å²) in [4.78, 5) is 4.54. The molecule has 3 aromatic carbocycles. The number of hydrogen-bond donors (Lipinski definition) is 0. The fourth-order valence-electron chi connectivity index (χ4n) is 3.22. The standard InChI is InChI=1S/C24H22N4S/c1-27(2)20-7-11-22(12-8-20)29-23-13-9-21(10-14-23)28-16-15-24(26-28)19-5-3-18(17-25)4-6-19/h3-14H,15-16H2,1-2H3. The molecule has 4 nitrogen and oxygen atoms in total. The van der Waals surface area contributed by atoms with E-state index in [1.54, 1.807) is 11.8 Å². The predicted octanol–water partition coefficient (Wildman–Crippen LogP) is 5.39. The van der Waals surface area contributed by atoms with Crippen molar-refractivity contribution in [2.75, 3.05) is 30.5 Å². The molecular weight excluding hydrogens is 376 g/mol. The molecule has 3 aromatic rings. The third-order valence-corrected chi connectivity index (χ3v) is 5.89. The Morgan fingerprint density at radius 2 is 1.52 bits per heavy atom. The van der Waals surface area contributed by atoms with Gasteiger partial charge in [-0.15, -0.1) is 0 Å². The van der Waals surface area contributed by atoms with Crippen molar-refractivity contribution in [1.29, 1.82) is 5.26 Å². The predicted molar refractivity (Wildman–Crippen MR) is 121 cm³/mol. The van der Waals surface area contributed by atoms with Gasteiger partial charge in [0.1, 0.15) is 0 Å². The van der Waals surface area contributed by atoms with Crippen molar-refractivity contribution in [3.63, 3.8) is 0 Å². The Labute approximate surface area is 176 Å². The van der Waals surface area contributed by atoms with E-state index in [1.165, 1.54) is 15.5 Å². The Balaban J connectivity index is 1.43. The van der Waals surface area contributed by atoms with E-state index in [-0.39, 0.29) is 0 Å². The molecule has 0 aromatic heterocycles. The van der Waals surface area contributed by atoms with Gasteiger partial charge in [0.05, 0.1) is 23.0 Å². The van der Waals surface area contributed by atoms with E-state index in [4.69, 9.17) is 10.4 Å². The number of hydrazone groups is 1. The number of rotatable bonds is 5. The van der Waals surface area contributed by atoms with Gasteiger partial charge in [-0.1, -0.05) is 23.9 Å². The number of anilines is 2. The highest BCUT2D eigenvalue weighted by atomic mass is 32.2. The van der Waals surface area contributed by atoms with Gasteiger partial charge in [0.15, 0.2) is 0 Å².